The van der Waals surface area contributed by atoms with Crippen molar-refractivity contribution >= 4 is 11.8 Å². The maximum atomic E-state index is 6.08. The SMILES string of the molecule is CCc1ccc([C@H](C)N[C@@H]2CCO[C@@]3(CCSC3)C2)o1. The summed E-state index contributed by atoms with van der Waals surface area (Å²) in [6.45, 7) is 5.22. The zero-order valence-corrected chi connectivity index (χ0v) is 13.3. The van der Waals surface area contributed by atoms with E-state index in [0.717, 1.165) is 37.4 Å². The molecule has 3 atom stereocenters. The van der Waals surface area contributed by atoms with Gasteiger partial charge < -0.3 is 14.5 Å². The highest BCUT2D eigenvalue weighted by Gasteiger charge is 2.40. The van der Waals surface area contributed by atoms with E-state index in [1.165, 1.54) is 17.9 Å². The summed E-state index contributed by atoms with van der Waals surface area (Å²) < 4.78 is 11.9. The fourth-order valence-electron chi connectivity index (χ4n) is 3.29. The molecule has 3 nitrogen and oxygen atoms in total. The molecule has 20 heavy (non-hydrogen) atoms. The lowest BCUT2D eigenvalue weighted by molar-refractivity contribution is -0.0714. The van der Waals surface area contributed by atoms with E-state index < -0.39 is 0 Å². The fourth-order valence-corrected chi connectivity index (χ4v) is 4.66. The topological polar surface area (TPSA) is 34.4 Å². The van der Waals surface area contributed by atoms with E-state index in [4.69, 9.17) is 9.15 Å². The molecule has 0 unspecified atom stereocenters. The first kappa shape index (κ1) is 14.5. The maximum absolute atomic E-state index is 6.08. The molecule has 0 aromatic carbocycles. The van der Waals surface area contributed by atoms with Gasteiger partial charge in [-0.25, -0.2) is 0 Å². The highest BCUT2D eigenvalue weighted by Crippen LogP contribution is 2.38. The van der Waals surface area contributed by atoms with Gasteiger partial charge in [0.2, 0.25) is 0 Å². The molecule has 0 aliphatic carbocycles. The predicted octanol–water partition coefficient (Wildman–Crippen LogP) is 3.55. The van der Waals surface area contributed by atoms with Gasteiger partial charge in [-0.1, -0.05) is 6.92 Å². The van der Waals surface area contributed by atoms with Crippen LogP contribution in [-0.4, -0.2) is 29.8 Å². The zero-order valence-electron chi connectivity index (χ0n) is 12.5. The molecule has 0 radical (unpaired) electrons. The first-order chi connectivity index (χ1) is 9.71. The minimum absolute atomic E-state index is 0.151. The third-order valence-corrected chi connectivity index (χ3v) is 5.73. The average Bonchev–Trinajstić information content (AvgIpc) is 3.08. The summed E-state index contributed by atoms with van der Waals surface area (Å²) in [5.74, 6) is 4.55. The molecule has 1 N–H and O–H groups in total. The van der Waals surface area contributed by atoms with Crippen molar-refractivity contribution < 1.29 is 9.15 Å². The van der Waals surface area contributed by atoms with Crippen molar-refractivity contribution in [3.8, 4) is 0 Å². The number of thioether (sulfide) groups is 1. The van der Waals surface area contributed by atoms with Gasteiger partial charge in [0.25, 0.3) is 0 Å². The van der Waals surface area contributed by atoms with Crippen LogP contribution in [0, 0.1) is 0 Å². The van der Waals surface area contributed by atoms with Crippen LogP contribution in [0.15, 0.2) is 16.5 Å². The Labute approximate surface area is 125 Å². The lowest BCUT2D eigenvalue weighted by Gasteiger charge is -2.39. The maximum Gasteiger partial charge on any atom is 0.120 e. The largest absolute Gasteiger partial charge is 0.464 e. The molecule has 112 valence electrons. The van der Waals surface area contributed by atoms with Crippen LogP contribution >= 0.6 is 11.8 Å². The lowest BCUT2D eigenvalue weighted by atomic mass is 9.89. The van der Waals surface area contributed by atoms with E-state index in [9.17, 15) is 0 Å². The highest BCUT2D eigenvalue weighted by atomic mass is 32.2. The molecule has 0 saturated carbocycles. The summed E-state index contributed by atoms with van der Waals surface area (Å²) in [6, 6.07) is 5.03. The molecule has 1 aromatic heterocycles. The Morgan fingerprint density at radius 3 is 3.10 bits per heavy atom. The molecule has 3 rings (SSSR count). The van der Waals surface area contributed by atoms with Crippen LogP contribution in [0.25, 0.3) is 0 Å². The second kappa shape index (κ2) is 6.12. The Kier molecular flexibility index (Phi) is 4.43. The molecule has 4 heteroatoms. The van der Waals surface area contributed by atoms with E-state index in [1.54, 1.807) is 0 Å². The Bertz CT molecular complexity index is 439. The van der Waals surface area contributed by atoms with Crippen molar-refractivity contribution in [3.05, 3.63) is 23.7 Å². The van der Waals surface area contributed by atoms with Crippen molar-refractivity contribution in [2.24, 2.45) is 0 Å². The van der Waals surface area contributed by atoms with Gasteiger partial charge in [-0.15, -0.1) is 0 Å². The predicted molar refractivity (Wildman–Crippen MR) is 83.3 cm³/mol. The van der Waals surface area contributed by atoms with E-state index in [2.05, 4.69) is 31.3 Å². The minimum Gasteiger partial charge on any atom is -0.464 e. The summed E-state index contributed by atoms with van der Waals surface area (Å²) in [6.07, 6.45) is 4.43. The Hall–Kier alpha value is -0.450. The van der Waals surface area contributed by atoms with Gasteiger partial charge in [0.05, 0.1) is 11.6 Å². The van der Waals surface area contributed by atoms with Crippen molar-refractivity contribution in [2.45, 2.75) is 57.2 Å². The quantitative estimate of drug-likeness (QED) is 0.921. The standard InChI is InChI=1S/C16H25NO2S/c1-3-14-4-5-15(19-14)12(2)17-13-6-8-18-16(10-13)7-9-20-11-16/h4-5,12-13,17H,3,6-11H2,1-2H3/t12-,13+,16-/m0/s1. The van der Waals surface area contributed by atoms with Gasteiger partial charge in [-0.05, 0) is 44.1 Å². The van der Waals surface area contributed by atoms with E-state index in [-0.39, 0.29) is 11.6 Å². The molecule has 2 fully saturated rings. The molecule has 1 aromatic rings. The highest BCUT2D eigenvalue weighted by molar-refractivity contribution is 7.99. The van der Waals surface area contributed by atoms with Crippen LogP contribution < -0.4 is 5.32 Å². The first-order valence-corrected chi connectivity index (χ1v) is 8.92. The molecule has 2 aliphatic heterocycles. The van der Waals surface area contributed by atoms with Crippen molar-refractivity contribution in [1.82, 2.24) is 5.32 Å². The van der Waals surface area contributed by atoms with Gasteiger partial charge in [0.15, 0.2) is 0 Å². The number of rotatable bonds is 4. The Balaban J connectivity index is 1.59. The molecule has 2 saturated heterocycles. The van der Waals surface area contributed by atoms with Crippen LogP contribution in [-0.2, 0) is 11.2 Å². The van der Waals surface area contributed by atoms with Crippen LogP contribution in [0.4, 0.5) is 0 Å². The van der Waals surface area contributed by atoms with Crippen LogP contribution in [0.3, 0.4) is 0 Å². The van der Waals surface area contributed by atoms with Crippen LogP contribution in [0.2, 0.25) is 0 Å². The molecule has 2 aliphatic rings. The van der Waals surface area contributed by atoms with Crippen molar-refractivity contribution in [3.63, 3.8) is 0 Å². The number of nitrogens with one attached hydrogen (secondary N) is 1. The number of ether oxygens (including phenoxy) is 1. The van der Waals surface area contributed by atoms with E-state index >= 15 is 0 Å². The Morgan fingerprint density at radius 1 is 1.50 bits per heavy atom. The summed E-state index contributed by atoms with van der Waals surface area (Å²) in [5.41, 5.74) is 0.151. The van der Waals surface area contributed by atoms with Crippen molar-refractivity contribution in [2.75, 3.05) is 18.1 Å². The van der Waals surface area contributed by atoms with Gasteiger partial charge in [0.1, 0.15) is 11.5 Å². The van der Waals surface area contributed by atoms with Gasteiger partial charge in [-0.2, -0.15) is 11.8 Å². The smallest absolute Gasteiger partial charge is 0.120 e. The van der Waals surface area contributed by atoms with Gasteiger partial charge in [0, 0.05) is 24.8 Å². The van der Waals surface area contributed by atoms with Crippen LogP contribution in [0.1, 0.15) is 50.7 Å². The monoisotopic (exact) mass is 295 g/mol. The number of aryl methyl sites for hydroxylation is 1. The van der Waals surface area contributed by atoms with Gasteiger partial charge >= 0.3 is 0 Å². The van der Waals surface area contributed by atoms with Crippen molar-refractivity contribution in [1.29, 1.82) is 0 Å². The minimum atomic E-state index is 0.151. The first-order valence-electron chi connectivity index (χ1n) is 7.77. The summed E-state index contributed by atoms with van der Waals surface area (Å²) in [5, 5.41) is 3.74. The van der Waals surface area contributed by atoms with Crippen LogP contribution in [0.5, 0.6) is 0 Å². The molecular formula is C16H25NO2S. The van der Waals surface area contributed by atoms with E-state index in [1.807, 2.05) is 11.8 Å². The molecule has 0 amide bonds. The zero-order chi connectivity index (χ0) is 14.0. The normalized spacial score (nSPS) is 31.8. The third kappa shape index (κ3) is 3.07. The van der Waals surface area contributed by atoms with E-state index in [0.29, 0.717) is 6.04 Å². The molecular weight excluding hydrogens is 270 g/mol. The summed E-state index contributed by atoms with van der Waals surface area (Å²) in [7, 11) is 0. The summed E-state index contributed by atoms with van der Waals surface area (Å²) >= 11 is 2.03. The average molecular weight is 295 g/mol. The molecule has 1 spiro atoms. The second-order valence-electron chi connectivity index (χ2n) is 6.07. The lowest BCUT2D eigenvalue weighted by Crippen LogP contribution is -2.47. The fraction of sp³-hybridized carbons (Fsp3) is 0.750. The summed E-state index contributed by atoms with van der Waals surface area (Å²) in [4.78, 5) is 0. The Morgan fingerprint density at radius 2 is 2.40 bits per heavy atom. The number of furan rings is 1. The third-order valence-electron chi connectivity index (χ3n) is 4.50. The van der Waals surface area contributed by atoms with Gasteiger partial charge in [-0.3, -0.25) is 0 Å². The number of hydrogen-bond donors (Lipinski definition) is 1. The molecule has 3 heterocycles. The second-order valence-corrected chi connectivity index (χ2v) is 7.17. The number of hydrogen-bond acceptors (Lipinski definition) is 4. The molecule has 0 bridgehead atoms.